The minimum Gasteiger partial charge on any atom is -0.489 e. The molecule has 0 aliphatic carbocycles. The lowest BCUT2D eigenvalue weighted by Crippen LogP contribution is -2.48. The molecule has 168 valence electrons. The molecule has 2 atom stereocenters. The molecule has 1 aliphatic rings. The number of ether oxygens (including phenoxy) is 2. The molecule has 4 rings (SSSR count). The molecular formula is C25H26F2N2O3. The number of nitrogens with zero attached hydrogens (tertiary/aromatic N) is 2. The largest absolute Gasteiger partial charge is 0.489 e. The smallest absolute Gasteiger partial charge is 0.270 e. The van der Waals surface area contributed by atoms with Gasteiger partial charge in [0.1, 0.15) is 29.7 Å². The van der Waals surface area contributed by atoms with Gasteiger partial charge in [-0.25, -0.2) is 8.78 Å². The molecule has 1 aromatic heterocycles. The molecule has 0 spiro atoms. The molecule has 1 aliphatic heterocycles. The summed E-state index contributed by atoms with van der Waals surface area (Å²) in [6.07, 6.45) is 1.43. The Hall–Kier alpha value is -3.19. The van der Waals surface area contributed by atoms with Crippen LogP contribution in [0, 0.1) is 11.6 Å². The first-order valence-corrected chi connectivity index (χ1v) is 10.6. The standard InChI is InChI=1S/C25H26F2N2O3/c1-4-11-31-24-10-6-9-22-18(24)12-23(25(30)28-13-16(2)32-17(3)14-28)29(22)15-19-20(26)7-5-8-21(19)27/h4-10,12,16-17H,1,11,13-15H2,2-3H3. The number of benzene rings is 2. The van der Waals surface area contributed by atoms with Crippen LogP contribution in [0.3, 0.4) is 0 Å². The van der Waals surface area contributed by atoms with Crippen LogP contribution in [0.1, 0.15) is 29.9 Å². The summed E-state index contributed by atoms with van der Waals surface area (Å²) in [7, 11) is 0. The Morgan fingerprint density at radius 2 is 1.81 bits per heavy atom. The van der Waals surface area contributed by atoms with E-state index in [0.717, 1.165) is 0 Å². The minimum absolute atomic E-state index is 0.0971. The summed E-state index contributed by atoms with van der Waals surface area (Å²) in [6.45, 7) is 8.57. The second kappa shape index (κ2) is 9.12. The summed E-state index contributed by atoms with van der Waals surface area (Å²) in [4.78, 5) is 15.3. The van der Waals surface area contributed by atoms with E-state index < -0.39 is 11.6 Å². The van der Waals surface area contributed by atoms with E-state index in [1.54, 1.807) is 33.7 Å². The number of carbonyl (C=O) groups is 1. The molecule has 1 fully saturated rings. The van der Waals surface area contributed by atoms with Crippen molar-refractivity contribution >= 4 is 16.8 Å². The summed E-state index contributed by atoms with van der Waals surface area (Å²) in [5.74, 6) is -0.946. The Morgan fingerprint density at radius 3 is 2.47 bits per heavy atom. The van der Waals surface area contributed by atoms with Crippen molar-refractivity contribution in [3.8, 4) is 5.75 Å². The Morgan fingerprint density at radius 1 is 1.16 bits per heavy atom. The van der Waals surface area contributed by atoms with Crippen molar-refractivity contribution in [3.63, 3.8) is 0 Å². The van der Waals surface area contributed by atoms with Gasteiger partial charge in [0.15, 0.2) is 0 Å². The van der Waals surface area contributed by atoms with Crippen LogP contribution in [0.15, 0.2) is 55.1 Å². The molecule has 3 aromatic rings. The highest BCUT2D eigenvalue weighted by molar-refractivity contribution is 6.00. The van der Waals surface area contributed by atoms with E-state index >= 15 is 0 Å². The summed E-state index contributed by atoms with van der Waals surface area (Å²) < 4.78 is 42.1. The molecule has 2 unspecified atom stereocenters. The SMILES string of the molecule is C=CCOc1cccc2c1cc(C(=O)N1CC(C)OC(C)C1)n2Cc1c(F)cccc1F. The first kappa shape index (κ1) is 22.0. The fourth-order valence-electron chi connectivity index (χ4n) is 4.23. The van der Waals surface area contributed by atoms with Crippen LogP contribution in [0.2, 0.25) is 0 Å². The van der Waals surface area contributed by atoms with Crippen LogP contribution in [0.5, 0.6) is 5.75 Å². The second-order valence-corrected chi connectivity index (χ2v) is 8.07. The van der Waals surface area contributed by atoms with Gasteiger partial charge in [-0.05, 0) is 44.2 Å². The summed E-state index contributed by atoms with van der Waals surface area (Å²) in [5.41, 5.74) is 0.908. The van der Waals surface area contributed by atoms with E-state index in [1.165, 1.54) is 18.2 Å². The highest BCUT2D eigenvalue weighted by Crippen LogP contribution is 2.31. The molecular weight excluding hydrogens is 414 g/mol. The Balaban J connectivity index is 1.83. The maximum Gasteiger partial charge on any atom is 0.270 e. The first-order chi connectivity index (χ1) is 15.4. The predicted molar refractivity (Wildman–Crippen MR) is 119 cm³/mol. The van der Waals surface area contributed by atoms with E-state index in [9.17, 15) is 13.6 Å². The van der Waals surface area contributed by atoms with Crippen LogP contribution in [-0.4, -0.2) is 47.3 Å². The second-order valence-electron chi connectivity index (χ2n) is 8.07. The van der Waals surface area contributed by atoms with Gasteiger partial charge in [0.05, 0.1) is 24.3 Å². The molecule has 1 amide bonds. The van der Waals surface area contributed by atoms with Crippen LogP contribution in [0.25, 0.3) is 10.9 Å². The molecule has 0 N–H and O–H groups in total. The zero-order valence-electron chi connectivity index (χ0n) is 18.2. The van der Waals surface area contributed by atoms with E-state index in [1.807, 2.05) is 19.9 Å². The third-order valence-electron chi connectivity index (χ3n) is 5.57. The molecule has 2 heterocycles. The summed E-state index contributed by atoms with van der Waals surface area (Å²) in [6, 6.07) is 10.9. The number of rotatable bonds is 6. The fourth-order valence-corrected chi connectivity index (χ4v) is 4.23. The lowest BCUT2D eigenvalue weighted by Gasteiger charge is -2.35. The molecule has 7 heteroatoms. The number of carbonyl (C=O) groups excluding carboxylic acids is 1. The number of morpholine rings is 1. The number of aromatic nitrogens is 1. The maximum atomic E-state index is 14.5. The highest BCUT2D eigenvalue weighted by atomic mass is 19.1. The van der Waals surface area contributed by atoms with Gasteiger partial charge in [-0.2, -0.15) is 0 Å². The van der Waals surface area contributed by atoms with Crippen LogP contribution in [0.4, 0.5) is 8.78 Å². The van der Waals surface area contributed by atoms with Gasteiger partial charge in [0.25, 0.3) is 5.91 Å². The van der Waals surface area contributed by atoms with Crippen LogP contribution >= 0.6 is 0 Å². The number of amides is 1. The molecule has 2 aromatic carbocycles. The van der Waals surface area contributed by atoms with Gasteiger partial charge < -0.3 is 18.9 Å². The average Bonchev–Trinajstić information content (AvgIpc) is 3.12. The molecule has 32 heavy (non-hydrogen) atoms. The average molecular weight is 440 g/mol. The Labute approximate surface area is 185 Å². The molecule has 0 saturated carbocycles. The van der Waals surface area contributed by atoms with Crippen molar-refractivity contribution < 1.29 is 23.0 Å². The number of hydrogen-bond acceptors (Lipinski definition) is 3. The monoisotopic (exact) mass is 440 g/mol. The quantitative estimate of drug-likeness (QED) is 0.518. The van der Waals surface area contributed by atoms with Crippen molar-refractivity contribution in [2.75, 3.05) is 19.7 Å². The third kappa shape index (κ3) is 4.25. The van der Waals surface area contributed by atoms with E-state index in [-0.39, 0.29) is 30.2 Å². The van der Waals surface area contributed by atoms with Crippen LogP contribution in [-0.2, 0) is 11.3 Å². The van der Waals surface area contributed by atoms with Crippen LogP contribution < -0.4 is 4.74 Å². The van der Waals surface area contributed by atoms with Gasteiger partial charge in [0.2, 0.25) is 0 Å². The van der Waals surface area contributed by atoms with Gasteiger partial charge >= 0.3 is 0 Å². The normalized spacial score (nSPS) is 18.7. The van der Waals surface area contributed by atoms with Gasteiger partial charge in [-0.1, -0.05) is 24.8 Å². The van der Waals surface area contributed by atoms with E-state index in [4.69, 9.17) is 9.47 Å². The van der Waals surface area contributed by atoms with Crippen molar-refractivity contribution in [1.82, 2.24) is 9.47 Å². The van der Waals surface area contributed by atoms with Gasteiger partial charge in [-0.15, -0.1) is 0 Å². The Bertz CT molecular complexity index is 1130. The lowest BCUT2D eigenvalue weighted by atomic mass is 10.2. The number of hydrogen-bond donors (Lipinski definition) is 0. The zero-order chi connectivity index (χ0) is 22.8. The van der Waals surface area contributed by atoms with Crippen molar-refractivity contribution in [3.05, 3.63) is 78.0 Å². The number of halogens is 2. The van der Waals surface area contributed by atoms with E-state index in [2.05, 4.69) is 6.58 Å². The van der Waals surface area contributed by atoms with Crippen molar-refractivity contribution in [2.45, 2.75) is 32.6 Å². The summed E-state index contributed by atoms with van der Waals surface area (Å²) in [5, 5.41) is 0.698. The molecule has 1 saturated heterocycles. The topological polar surface area (TPSA) is 43.7 Å². The van der Waals surface area contributed by atoms with Crippen molar-refractivity contribution in [2.24, 2.45) is 0 Å². The highest BCUT2D eigenvalue weighted by Gasteiger charge is 2.29. The lowest BCUT2D eigenvalue weighted by molar-refractivity contribution is -0.0588. The zero-order valence-corrected chi connectivity index (χ0v) is 18.2. The predicted octanol–water partition coefficient (Wildman–Crippen LogP) is 4.78. The fraction of sp³-hybridized carbons (Fsp3) is 0.320. The minimum atomic E-state index is -0.655. The molecule has 0 radical (unpaired) electrons. The summed E-state index contributed by atoms with van der Waals surface area (Å²) >= 11 is 0. The van der Waals surface area contributed by atoms with Gasteiger partial charge in [0, 0.05) is 24.0 Å². The van der Waals surface area contributed by atoms with Gasteiger partial charge in [-0.3, -0.25) is 4.79 Å². The Kier molecular flexibility index (Phi) is 6.28. The molecule has 0 bridgehead atoms. The molecule has 5 nitrogen and oxygen atoms in total. The maximum absolute atomic E-state index is 14.5. The first-order valence-electron chi connectivity index (χ1n) is 10.6. The van der Waals surface area contributed by atoms with E-state index in [0.29, 0.717) is 42.0 Å². The third-order valence-corrected chi connectivity index (χ3v) is 5.57. The number of fused-ring (bicyclic) bond motifs is 1. The van der Waals surface area contributed by atoms with Crippen molar-refractivity contribution in [1.29, 1.82) is 0 Å².